The van der Waals surface area contributed by atoms with Gasteiger partial charge in [0.05, 0.1) is 0 Å². The number of rotatable bonds is 2. The Kier molecular flexibility index (Phi) is 2.94. The molecular weight excluding hydrogens is 210 g/mol. The summed E-state index contributed by atoms with van der Waals surface area (Å²) in [7, 11) is 0. The highest BCUT2D eigenvalue weighted by molar-refractivity contribution is 5.43. The molecule has 1 aliphatic rings. The highest BCUT2D eigenvalue weighted by Crippen LogP contribution is 2.42. The number of benzene rings is 1. The summed E-state index contributed by atoms with van der Waals surface area (Å²) in [6, 6.07) is 4.61. The summed E-state index contributed by atoms with van der Waals surface area (Å²) in [4.78, 5) is 0. The van der Waals surface area contributed by atoms with Gasteiger partial charge >= 0.3 is 0 Å². The van der Waals surface area contributed by atoms with Gasteiger partial charge in [0.2, 0.25) is 0 Å². The first-order valence-electron chi connectivity index (χ1n) is 6.32. The predicted molar refractivity (Wildman–Crippen MR) is 71.4 cm³/mol. The Morgan fingerprint density at radius 3 is 2.12 bits per heavy atom. The lowest BCUT2D eigenvalue weighted by atomic mass is 9.65. The van der Waals surface area contributed by atoms with Gasteiger partial charge < -0.3 is 10.5 Å². The van der Waals surface area contributed by atoms with Gasteiger partial charge in [-0.25, -0.2) is 0 Å². The summed E-state index contributed by atoms with van der Waals surface area (Å²) in [5, 5.41) is 0. The van der Waals surface area contributed by atoms with Gasteiger partial charge in [0, 0.05) is 17.9 Å². The molecule has 0 amide bonds. The van der Waals surface area contributed by atoms with Gasteiger partial charge in [-0.05, 0) is 31.9 Å². The molecule has 1 fully saturated rings. The lowest BCUT2D eigenvalue weighted by molar-refractivity contribution is -0.0406. The van der Waals surface area contributed by atoms with Crippen LogP contribution >= 0.6 is 0 Å². The van der Waals surface area contributed by atoms with E-state index in [1.807, 2.05) is 0 Å². The summed E-state index contributed by atoms with van der Waals surface area (Å²) in [5.41, 5.74) is 9.84. The van der Waals surface area contributed by atoms with Crippen LogP contribution in [-0.2, 0) is 0 Å². The monoisotopic (exact) mass is 233 g/mol. The van der Waals surface area contributed by atoms with Gasteiger partial charge in [-0.15, -0.1) is 0 Å². The standard InChI is InChI=1S/C15H23NO/c1-9-6-10(2)14(11(3)7-9)17-13-8-12(16)15(13,4)5/h6-7,12-13H,8,16H2,1-5H3. The number of nitrogens with two attached hydrogens (primary N) is 1. The maximum absolute atomic E-state index is 6.17. The average molecular weight is 233 g/mol. The number of aryl methyl sites for hydroxylation is 3. The van der Waals surface area contributed by atoms with E-state index in [4.69, 9.17) is 10.5 Å². The van der Waals surface area contributed by atoms with Crippen molar-refractivity contribution in [2.45, 2.75) is 53.2 Å². The van der Waals surface area contributed by atoms with Crippen molar-refractivity contribution >= 4 is 0 Å². The molecule has 1 aromatic carbocycles. The fourth-order valence-electron chi connectivity index (χ4n) is 2.61. The molecule has 2 nitrogen and oxygen atoms in total. The Hall–Kier alpha value is -1.02. The molecule has 2 unspecified atom stereocenters. The van der Waals surface area contributed by atoms with E-state index in [9.17, 15) is 0 Å². The van der Waals surface area contributed by atoms with Crippen LogP contribution in [0.2, 0.25) is 0 Å². The highest BCUT2D eigenvalue weighted by atomic mass is 16.5. The predicted octanol–water partition coefficient (Wildman–Crippen LogP) is 3.12. The summed E-state index contributed by atoms with van der Waals surface area (Å²) >= 11 is 0. The van der Waals surface area contributed by atoms with Crippen LogP contribution in [0.4, 0.5) is 0 Å². The van der Waals surface area contributed by atoms with Crippen molar-refractivity contribution in [1.29, 1.82) is 0 Å². The van der Waals surface area contributed by atoms with Crippen LogP contribution in [0.25, 0.3) is 0 Å². The van der Waals surface area contributed by atoms with Crippen LogP contribution in [0.3, 0.4) is 0 Å². The highest BCUT2D eigenvalue weighted by Gasteiger charge is 2.48. The Morgan fingerprint density at radius 1 is 1.18 bits per heavy atom. The van der Waals surface area contributed by atoms with Crippen LogP contribution in [0.5, 0.6) is 5.75 Å². The van der Waals surface area contributed by atoms with E-state index in [0.717, 1.165) is 12.2 Å². The molecule has 0 radical (unpaired) electrons. The quantitative estimate of drug-likeness (QED) is 0.852. The Morgan fingerprint density at radius 2 is 1.71 bits per heavy atom. The minimum absolute atomic E-state index is 0.0871. The first kappa shape index (κ1) is 12.4. The Bertz CT molecular complexity index is 414. The van der Waals surface area contributed by atoms with Gasteiger partial charge in [-0.1, -0.05) is 31.5 Å². The number of hydrogen-bond acceptors (Lipinski definition) is 2. The molecule has 1 saturated carbocycles. The van der Waals surface area contributed by atoms with Gasteiger partial charge in [0.15, 0.2) is 0 Å². The zero-order valence-electron chi connectivity index (χ0n) is 11.5. The molecule has 17 heavy (non-hydrogen) atoms. The summed E-state index contributed by atoms with van der Waals surface area (Å²) in [6.45, 7) is 10.7. The lowest BCUT2D eigenvalue weighted by Crippen LogP contribution is -2.60. The van der Waals surface area contributed by atoms with Crippen molar-refractivity contribution in [2.75, 3.05) is 0 Å². The third-order valence-electron chi connectivity index (χ3n) is 4.12. The Balaban J connectivity index is 2.21. The van der Waals surface area contributed by atoms with Crippen molar-refractivity contribution in [3.63, 3.8) is 0 Å². The fraction of sp³-hybridized carbons (Fsp3) is 0.600. The maximum Gasteiger partial charge on any atom is 0.125 e. The largest absolute Gasteiger partial charge is 0.489 e. The van der Waals surface area contributed by atoms with Gasteiger partial charge in [0.1, 0.15) is 11.9 Å². The third-order valence-corrected chi connectivity index (χ3v) is 4.12. The van der Waals surface area contributed by atoms with Crippen molar-refractivity contribution < 1.29 is 4.74 Å². The summed E-state index contributed by atoms with van der Waals surface area (Å²) in [6.07, 6.45) is 1.21. The molecule has 0 aliphatic heterocycles. The van der Waals surface area contributed by atoms with Crippen molar-refractivity contribution in [3.05, 3.63) is 28.8 Å². The molecule has 0 saturated heterocycles. The van der Waals surface area contributed by atoms with Crippen molar-refractivity contribution in [2.24, 2.45) is 11.1 Å². The van der Waals surface area contributed by atoms with Gasteiger partial charge in [-0.3, -0.25) is 0 Å². The molecule has 2 atom stereocenters. The zero-order valence-corrected chi connectivity index (χ0v) is 11.5. The van der Waals surface area contributed by atoms with E-state index in [2.05, 4.69) is 46.8 Å². The molecule has 2 rings (SSSR count). The summed E-state index contributed by atoms with van der Waals surface area (Å²) in [5.74, 6) is 1.04. The van der Waals surface area contributed by atoms with Crippen LogP contribution in [0.1, 0.15) is 37.0 Å². The molecule has 0 spiro atoms. The number of ether oxygens (including phenoxy) is 1. The van der Waals surface area contributed by atoms with Crippen LogP contribution in [0, 0.1) is 26.2 Å². The molecule has 94 valence electrons. The van der Waals surface area contributed by atoms with E-state index in [0.29, 0.717) is 0 Å². The van der Waals surface area contributed by atoms with Gasteiger partial charge in [-0.2, -0.15) is 0 Å². The van der Waals surface area contributed by atoms with Crippen molar-refractivity contribution in [1.82, 2.24) is 0 Å². The first-order chi connectivity index (χ1) is 7.82. The van der Waals surface area contributed by atoms with Crippen molar-refractivity contribution in [3.8, 4) is 5.75 Å². The molecular formula is C15H23NO. The molecule has 2 heteroatoms. The molecule has 0 bridgehead atoms. The third kappa shape index (κ3) is 2.06. The van der Waals surface area contributed by atoms with E-state index >= 15 is 0 Å². The molecule has 1 aliphatic carbocycles. The van der Waals surface area contributed by atoms with E-state index in [1.54, 1.807) is 0 Å². The first-order valence-corrected chi connectivity index (χ1v) is 6.32. The topological polar surface area (TPSA) is 35.2 Å². The molecule has 0 aromatic heterocycles. The van der Waals surface area contributed by atoms with Crippen LogP contribution < -0.4 is 10.5 Å². The normalized spacial score (nSPS) is 26.5. The second-order valence-electron chi connectivity index (χ2n) is 6.00. The maximum atomic E-state index is 6.17. The minimum atomic E-state index is 0.0871. The molecule has 0 heterocycles. The minimum Gasteiger partial charge on any atom is -0.489 e. The molecule has 2 N–H and O–H groups in total. The van der Waals surface area contributed by atoms with E-state index < -0.39 is 0 Å². The second kappa shape index (κ2) is 4.02. The fourth-order valence-corrected chi connectivity index (χ4v) is 2.61. The van der Waals surface area contributed by atoms with Crippen LogP contribution in [0.15, 0.2) is 12.1 Å². The van der Waals surface area contributed by atoms with E-state index in [1.165, 1.54) is 16.7 Å². The van der Waals surface area contributed by atoms with Crippen LogP contribution in [-0.4, -0.2) is 12.1 Å². The second-order valence-corrected chi connectivity index (χ2v) is 6.00. The zero-order chi connectivity index (χ0) is 12.8. The van der Waals surface area contributed by atoms with Gasteiger partial charge in [0.25, 0.3) is 0 Å². The Labute approximate surface area is 104 Å². The lowest BCUT2D eigenvalue weighted by Gasteiger charge is -2.49. The molecule has 1 aromatic rings. The SMILES string of the molecule is Cc1cc(C)c(OC2CC(N)C2(C)C)c(C)c1. The average Bonchev–Trinajstić information content (AvgIpc) is 2.21. The summed E-state index contributed by atoms with van der Waals surface area (Å²) < 4.78 is 6.17. The van der Waals surface area contributed by atoms with E-state index in [-0.39, 0.29) is 17.6 Å². The smallest absolute Gasteiger partial charge is 0.125 e. The number of hydrogen-bond donors (Lipinski definition) is 1.